The van der Waals surface area contributed by atoms with Crippen LogP contribution in [0.15, 0.2) is 18.2 Å². The van der Waals surface area contributed by atoms with Crippen LogP contribution in [-0.4, -0.2) is 47.3 Å². The van der Waals surface area contributed by atoms with Gasteiger partial charge in [-0.25, -0.2) is 0 Å². The van der Waals surface area contributed by atoms with Gasteiger partial charge in [0, 0.05) is 12.6 Å². The normalized spacial score (nSPS) is 21.0. The number of nitrogens with zero attached hydrogens (tertiary/aromatic N) is 1. The van der Waals surface area contributed by atoms with E-state index in [1.165, 1.54) is 7.11 Å². The summed E-state index contributed by atoms with van der Waals surface area (Å²) in [4.78, 5) is 13.4. The highest BCUT2D eigenvalue weighted by atomic mass is 16.5. The summed E-state index contributed by atoms with van der Waals surface area (Å²) >= 11 is 0. The predicted molar refractivity (Wildman–Crippen MR) is 79.8 cm³/mol. The molecule has 0 bridgehead atoms. The molecule has 1 aliphatic rings. The Hall–Kier alpha value is -1.75. The monoisotopic (exact) mass is 293 g/mol. The zero-order chi connectivity index (χ0) is 15.4. The van der Waals surface area contributed by atoms with Gasteiger partial charge < -0.3 is 14.9 Å². The highest BCUT2D eigenvalue weighted by Crippen LogP contribution is 2.27. The zero-order valence-corrected chi connectivity index (χ0v) is 12.6. The topological polar surface area (TPSA) is 70.0 Å². The average Bonchev–Trinajstić information content (AvgIpc) is 2.49. The van der Waals surface area contributed by atoms with E-state index < -0.39 is 5.97 Å². The molecule has 1 saturated heterocycles. The molecule has 5 nitrogen and oxygen atoms in total. The summed E-state index contributed by atoms with van der Waals surface area (Å²) in [5.41, 5.74) is 1.08. The number of ether oxygens (including phenoxy) is 1. The van der Waals surface area contributed by atoms with Crippen molar-refractivity contribution in [1.29, 1.82) is 0 Å². The maximum Gasteiger partial charge on any atom is 0.307 e. The molecule has 0 saturated carbocycles. The Bertz CT molecular complexity index is 503. The number of rotatable bonds is 5. The molecule has 0 aliphatic carbocycles. The van der Waals surface area contributed by atoms with Crippen molar-refractivity contribution < 1.29 is 19.7 Å². The predicted octanol–water partition coefficient (Wildman–Crippen LogP) is 2.13. The number of carbonyl (C=O) groups is 1. The molecule has 2 rings (SSSR count). The molecule has 2 unspecified atom stereocenters. The summed E-state index contributed by atoms with van der Waals surface area (Å²) in [6, 6.07) is 5.62. The maximum absolute atomic E-state index is 11.1. The van der Waals surface area contributed by atoms with Crippen LogP contribution in [0.5, 0.6) is 11.5 Å². The molecule has 1 aromatic rings. The van der Waals surface area contributed by atoms with Crippen LogP contribution in [0.2, 0.25) is 0 Å². The van der Waals surface area contributed by atoms with Crippen molar-refractivity contribution in [1.82, 2.24) is 4.90 Å². The molecule has 1 aliphatic heterocycles. The van der Waals surface area contributed by atoms with Crippen LogP contribution in [0.1, 0.15) is 25.3 Å². The summed E-state index contributed by atoms with van der Waals surface area (Å²) < 4.78 is 5.12. The quantitative estimate of drug-likeness (QED) is 0.870. The Kier molecular flexibility index (Phi) is 5.07. The number of carboxylic acid groups (broad SMARTS) is 1. The van der Waals surface area contributed by atoms with Crippen molar-refractivity contribution in [3.05, 3.63) is 23.8 Å². The fourth-order valence-corrected chi connectivity index (χ4v) is 2.93. The zero-order valence-electron chi connectivity index (χ0n) is 12.6. The molecule has 1 aromatic carbocycles. The lowest BCUT2D eigenvalue weighted by Crippen LogP contribution is -2.44. The van der Waals surface area contributed by atoms with Crippen molar-refractivity contribution >= 4 is 5.97 Å². The Labute approximate surface area is 125 Å². The van der Waals surface area contributed by atoms with Crippen LogP contribution >= 0.6 is 0 Å². The lowest BCUT2D eigenvalue weighted by molar-refractivity contribution is -0.143. The second-order valence-corrected chi connectivity index (χ2v) is 5.73. The molecule has 2 N–H and O–H groups in total. The minimum atomic E-state index is -0.696. The molecular weight excluding hydrogens is 270 g/mol. The van der Waals surface area contributed by atoms with E-state index in [-0.39, 0.29) is 17.7 Å². The summed E-state index contributed by atoms with van der Waals surface area (Å²) in [5, 5.41) is 18.8. The summed E-state index contributed by atoms with van der Waals surface area (Å²) in [7, 11) is 1.53. The number of aromatic hydroxyl groups is 1. The third-order valence-electron chi connectivity index (χ3n) is 4.20. The summed E-state index contributed by atoms with van der Waals surface area (Å²) in [6.07, 6.45) is 2.51. The number of methoxy groups -OCH3 is 1. The van der Waals surface area contributed by atoms with Gasteiger partial charge in [-0.1, -0.05) is 6.07 Å². The number of hydrogen-bond acceptors (Lipinski definition) is 4. The lowest BCUT2D eigenvalue weighted by Gasteiger charge is -2.35. The highest BCUT2D eigenvalue weighted by Gasteiger charge is 2.27. The molecule has 21 heavy (non-hydrogen) atoms. The smallest absolute Gasteiger partial charge is 0.307 e. The van der Waals surface area contributed by atoms with Gasteiger partial charge in [-0.15, -0.1) is 0 Å². The maximum atomic E-state index is 11.1. The number of piperidine rings is 1. The summed E-state index contributed by atoms with van der Waals surface area (Å²) in [5.74, 6) is -0.340. The molecule has 1 fully saturated rings. The first-order chi connectivity index (χ1) is 10.0. The minimum Gasteiger partial charge on any atom is -0.504 e. The third-order valence-corrected chi connectivity index (χ3v) is 4.20. The van der Waals surface area contributed by atoms with Crippen LogP contribution in [0.3, 0.4) is 0 Å². The number of carboxylic acids is 1. The highest BCUT2D eigenvalue weighted by molar-refractivity contribution is 5.70. The van der Waals surface area contributed by atoms with Gasteiger partial charge in [0.25, 0.3) is 0 Å². The molecule has 0 spiro atoms. The van der Waals surface area contributed by atoms with E-state index in [0.29, 0.717) is 12.3 Å². The van der Waals surface area contributed by atoms with Crippen molar-refractivity contribution in [3.8, 4) is 11.5 Å². The van der Waals surface area contributed by atoms with E-state index in [1.807, 2.05) is 12.1 Å². The minimum absolute atomic E-state index is 0.137. The van der Waals surface area contributed by atoms with Gasteiger partial charge in [-0.3, -0.25) is 9.69 Å². The Balaban J connectivity index is 2.00. The van der Waals surface area contributed by atoms with E-state index in [2.05, 4.69) is 11.8 Å². The number of likely N-dealkylation sites (tertiary alicyclic amines) is 1. The fraction of sp³-hybridized carbons (Fsp3) is 0.562. The van der Waals surface area contributed by atoms with Gasteiger partial charge in [0.05, 0.1) is 13.0 Å². The molecule has 0 radical (unpaired) electrons. The van der Waals surface area contributed by atoms with Crippen molar-refractivity contribution in [2.75, 3.05) is 20.2 Å². The molecule has 5 heteroatoms. The number of phenolic OH excluding ortho intramolecular Hbond substituents is 1. The Morgan fingerprint density at radius 1 is 1.52 bits per heavy atom. The first kappa shape index (κ1) is 15.6. The SMILES string of the molecule is COc1cc(CC(C)N2CCCC(C(=O)O)C2)ccc1O. The van der Waals surface area contributed by atoms with E-state index in [0.717, 1.165) is 31.4 Å². The molecule has 0 aromatic heterocycles. The van der Waals surface area contributed by atoms with Crippen LogP contribution in [0.25, 0.3) is 0 Å². The van der Waals surface area contributed by atoms with E-state index in [4.69, 9.17) is 9.84 Å². The molecule has 0 amide bonds. The largest absolute Gasteiger partial charge is 0.504 e. The van der Waals surface area contributed by atoms with Gasteiger partial charge in [-0.05, 0) is 50.4 Å². The molecule has 2 atom stereocenters. The Morgan fingerprint density at radius 2 is 2.29 bits per heavy atom. The second-order valence-electron chi connectivity index (χ2n) is 5.73. The van der Waals surface area contributed by atoms with Gasteiger partial charge in [0.1, 0.15) is 0 Å². The van der Waals surface area contributed by atoms with Crippen LogP contribution < -0.4 is 4.74 Å². The van der Waals surface area contributed by atoms with Crippen LogP contribution in [0, 0.1) is 5.92 Å². The fourth-order valence-electron chi connectivity index (χ4n) is 2.93. The van der Waals surface area contributed by atoms with E-state index >= 15 is 0 Å². The number of aliphatic carboxylic acids is 1. The van der Waals surface area contributed by atoms with E-state index in [9.17, 15) is 9.90 Å². The second kappa shape index (κ2) is 6.80. The van der Waals surface area contributed by atoms with Crippen LogP contribution in [0.4, 0.5) is 0 Å². The van der Waals surface area contributed by atoms with Gasteiger partial charge >= 0.3 is 5.97 Å². The standard InChI is InChI=1S/C16H23NO4/c1-11(17-7-3-4-13(10-17)16(19)20)8-12-5-6-14(18)15(9-12)21-2/h5-6,9,11,13,18H,3-4,7-8,10H2,1-2H3,(H,19,20). The number of hydrogen-bond donors (Lipinski definition) is 2. The first-order valence-corrected chi connectivity index (χ1v) is 7.34. The number of phenols is 1. The lowest BCUT2D eigenvalue weighted by atomic mass is 9.95. The Morgan fingerprint density at radius 3 is 2.95 bits per heavy atom. The third kappa shape index (κ3) is 3.88. The van der Waals surface area contributed by atoms with Crippen molar-refractivity contribution in [2.24, 2.45) is 5.92 Å². The van der Waals surface area contributed by atoms with Crippen LogP contribution in [-0.2, 0) is 11.2 Å². The number of benzene rings is 1. The van der Waals surface area contributed by atoms with Gasteiger partial charge in [-0.2, -0.15) is 0 Å². The molecule has 116 valence electrons. The van der Waals surface area contributed by atoms with E-state index in [1.54, 1.807) is 6.07 Å². The van der Waals surface area contributed by atoms with Crippen molar-refractivity contribution in [2.45, 2.75) is 32.2 Å². The van der Waals surface area contributed by atoms with Crippen molar-refractivity contribution in [3.63, 3.8) is 0 Å². The summed E-state index contributed by atoms with van der Waals surface area (Å²) in [6.45, 7) is 3.68. The van der Waals surface area contributed by atoms with Gasteiger partial charge in [0.15, 0.2) is 11.5 Å². The van der Waals surface area contributed by atoms with Gasteiger partial charge in [0.2, 0.25) is 0 Å². The molecule has 1 heterocycles. The molecular formula is C16H23NO4. The average molecular weight is 293 g/mol. The first-order valence-electron chi connectivity index (χ1n) is 7.34.